The molecule has 0 amide bonds. The molecule has 1 aromatic rings. The molecule has 0 saturated heterocycles. The first kappa shape index (κ1) is 8.74. The van der Waals surface area contributed by atoms with E-state index in [0.717, 1.165) is 11.0 Å². The van der Waals surface area contributed by atoms with Gasteiger partial charge in [-0.15, -0.1) is 11.3 Å². The molecule has 0 fully saturated rings. The van der Waals surface area contributed by atoms with Crippen LogP contribution in [0.5, 0.6) is 0 Å². The van der Waals surface area contributed by atoms with Gasteiger partial charge in [0.25, 0.3) is 0 Å². The molecule has 0 saturated carbocycles. The van der Waals surface area contributed by atoms with E-state index in [1.807, 2.05) is 23.6 Å². The highest BCUT2D eigenvalue weighted by Gasteiger charge is 1.83. The van der Waals surface area contributed by atoms with Gasteiger partial charge in [-0.25, -0.2) is 4.79 Å². The van der Waals surface area contributed by atoms with Gasteiger partial charge in [0.1, 0.15) is 0 Å². The lowest BCUT2D eigenvalue weighted by Crippen LogP contribution is -1.84. The van der Waals surface area contributed by atoms with E-state index in [2.05, 4.69) is 0 Å². The summed E-state index contributed by atoms with van der Waals surface area (Å²) in [6, 6.07) is 3.92. The second-order valence-electron chi connectivity index (χ2n) is 2.07. The van der Waals surface area contributed by atoms with Crippen LogP contribution in [0.2, 0.25) is 0 Å². The summed E-state index contributed by atoms with van der Waals surface area (Å²) < 4.78 is 0. The van der Waals surface area contributed by atoms with Crippen LogP contribution < -0.4 is 0 Å². The molecule has 1 aromatic heterocycles. The van der Waals surface area contributed by atoms with Crippen molar-refractivity contribution in [2.24, 2.45) is 0 Å². The Morgan fingerprint density at radius 2 is 2.33 bits per heavy atom. The SMILES string of the molecule is O=C(O)C=CC=Cc1cccs1. The van der Waals surface area contributed by atoms with Gasteiger partial charge < -0.3 is 5.11 Å². The Morgan fingerprint density at radius 1 is 1.50 bits per heavy atom. The number of carbonyl (C=O) groups is 1. The van der Waals surface area contributed by atoms with Crippen LogP contribution in [0.3, 0.4) is 0 Å². The van der Waals surface area contributed by atoms with Gasteiger partial charge in [-0.05, 0) is 17.5 Å². The maximum Gasteiger partial charge on any atom is 0.328 e. The van der Waals surface area contributed by atoms with Gasteiger partial charge in [-0.3, -0.25) is 0 Å². The number of aliphatic carboxylic acids is 1. The maximum atomic E-state index is 10.0. The summed E-state index contributed by atoms with van der Waals surface area (Å²) in [6.45, 7) is 0. The molecular formula is C9H8O2S. The minimum absolute atomic E-state index is 0.925. The third-order valence-electron chi connectivity index (χ3n) is 1.15. The van der Waals surface area contributed by atoms with Crippen molar-refractivity contribution >= 4 is 23.4 Å². The molecule has 1 heterocycles. The van der Waals surface area contributed by atoms with Crippen LogP contribution >= 0.6 is 11.3 Å². The Bertz CT molecular complexity index is 296. The van der Waals surface area contributed by atoms with Crippen molar-refractivity contribution in [3.05, 3.63) is 40.6 Å². The van der Waals surface area contributed by atoms with Gasteiger partial charge >= 0.3 is 5.97 Å². The number of thiophene rings is 1. The van der Waals surface area contributed by atoms with Crippen molar-refractivity contribution in [1.82, 2.24) is 0 Å². The van der Waals surface area contributed by atoms with E-state index in [0.29, 0.717) is 0 Å². The minimum atomic E-state index is -0.925. The van der Waals surface area contributed by atoms with Crippen molar-refractivity contribution in [2.45, 2.75) is 0 Å². The minimum Gasteiger partial charge on any atom is -0.478 e. The molecule has 0 atom stereocenters. The number of hydrogen-bond donors (Lipinski definition) is 1. The second kappa shape index (κ2) is 4.51. The first-order valence-corrected chi connectivity index (χ1v) is 4.28. The monoisotopic (exact) mass is 180 g/mol. The number of hydrogen-bond acceptors (Lipinski definition) is 2. The zero-order chi connectivity index (χ0) is 8.81. The quantitative estimate of drug-likeness (QED) is 0.573. The van der Waals surface area contributed by atoms with Crippen LogP contribution in [0.4, 0.5) is 0 Å². The molecule has 0 aromatic carbocycles. The fourth-order valence-corrected chi connectivity index (χ4v) is 1.30. The van der Waals surface area contributed by atoms with E-state index < -0.39 is 5.97 Å². The predicted molar refractivity (Wildman–Crippen MR) is 50.1 cm³/mol. The molecule has 0 aliphatic rings. The normalized spacial score (nSPS) is 11.3. The molecule has 2 nitrogen and oxygen atoms in total. The molecule has 0 aliphatic carbocycles. The lowest BCUT2D eigenvalue weighted by Gasteiger charge is -1.78. The summed E-state index contributed by atoms with van der Waals surface area (Å²) in [5, 5.41) is 10.2. The molecule has 0 radical (unpaired) electrons. The van der Waals surface area contributed by atoms with Crippen LogP contribution in [0, 0.1) is 0 Å². The summed E-state index contributed by atoms with van der Waals surface area (Å²) >= 11 is 1.61. The molecule has 1 N–H and O–H groups in total. The number of allylic oxidation sites excluding steroid dienone is 2. The van der Waals surface area contributed by atoms with Crippen LogP contribution in [0.25, 0.3) is 6.08 Å². The Balaban J connectivity index is 2.47. The van der Waals surface area contributed by atoms with E-state index in [-0.39, 0.29) is 0 Å². The van der Waals surface area contributed by atoms with Crippen molar-refractivity contribution in [3.8, 4) is 0 Å². The van der Waals surface area contributed by atoms with Crippen molar-refractivity contribution < 1.29 is 9.90 Å². The summed E-state index contributed by atoms with van der Waals surface area (Å²) in [4.78, 5) is 11.2. The lowest BCUT2D eigenvalue weighted by atomic mass is 10.4. The fraction of sp³-hybridized carbons (Fsp3) is 0. The molecule has 0 bridgehead atoms. The summed E-state index contributed by atoms with van der Waals surface area (Å²) in [6.07, 6.45) is 6.18. The Hall–Kier alpha value is -1.35. The van der Waals surface area contributed by atoms with Crippen molar-refractivity contribution in [1.29, 1.82) is 0 Å². The number of carboxylic acid groups (broad SMARTS) is 1. The third-order valence-corrected chi connectivity index (χ3v) is 1.99. The topological polar surface area (TPSA) is 37.3 Å². The zero-order valence-electron chi connectivity index (χ0n) is 6.31. The summed E-state index contributed by atoms with van der Waals surface area (Å²) in [5.74, 6) is -0.925. The summed E-state index contributed by atoms with van der Waals surface area (Å²) in [7, 11) is 0. The average Bonchev–Trinajstić information content (AvgIpc) is 2.49. The number of carboxylic acids is 1. The second-order valence-corrected chi connectivity index (χ2v) is 3.05. The Labute approximate surface area is 74.5 Å². The van der Waals surface area contributed by atoms with E-state index in [1.54, 1.807) is 17.4 Å². The van der Waals surface area contributed by atoms with Gasteiger partial charge in [0, 0.05) is 11.0 Å². The average molecular weight is 180 g/mol. The van der Waals surface area contributed by atoms with Crippen LogP contribution in [-0.4, -0.2) is 11.1 Å². The zero-order valence-corrected chi connectivity index (χ0v) is 7.12. The molecule has 0 aliphatic heterocycles. The van der Waals surface area contributed by atoms with Crippen LogP contribution in [-0.2, 0) is 4.79 Å². The first-order valence-electron chi connectivity index (χ1n) is 3.40. The highest BCUT2D eigenvalue weighted by molar-refractivity contribution is 7.10. The van der Waals surface area contributed by atoms with E-state index in [4.69, 9.17) is 5.11 Å². The van der Waals surface area contributed by atoms with Gasteiger partial charge in [0.2, 0.25) is 0 Å². The standard InChI is InChI=1S/C9H8O2S/c10-9(11)6-2-1-4-8-5-3-7-12-8/h1-7H,(H,10,11). The van der Waals surface area contributed by atoms with Gasteiger partial charge in [0.05, 0.1) is 0 Å². The molecule has 62 valence electrons. The molecule has 12 heavy (non-hydrogen) atoms. The van der Waals surface area contributed by atoms with Crippen molar-refractivity contribution in [3.63, 3.8) is 0 Å². The molecule has 3 heteroatoms. The maximum absolute atomic E-state index is 10.0. The Kier molecular flexibility index (Phi) is 3.29. The smallest absolute Gasteiger partial charge is 0.328 e. The molecule has 0 spiro atoms. The van der Waals surface area contributed by atoms with Gasteiger partial charge in [-0.2, -0.15) is 0 Å². The highest BCUT2D eigenvalue weighted by atomic mass is 32.1. The van der Waals surface area contributed by atoms with Crippen molar-refractivity contribution in [2.75, 3.05) is 0 Å². The first-order chi connectivity index (χ1) is 5.79. The molecule has 0 unspecified atom stereocenters. The van der Waals surface area contributed by atoms with Crippen LogP contribution in [0.1, 0.15) is 4.88 Å². The van der Waals surface area contributed by atoms with Crippen LogP contribution in [0.15, 0.2) is 35.7 Å². The van der Waals surface area contributed by atoms with E-state index >= 15 is 0 Å². The third kappa shape index (κ3) is 3.16. The predicted octanol–water partition coefficient (Wildman–Crippen LogP) is 2.40. The van der Waals surface area contributed by atoms with Gasteiger partial charge in [-0.1, -0.05) is 18.2 Å². The fourth-order valence-electron chi connectivity index (χ4n) is 0.674. The van der Waals surface area contributed by atoms with E-state index in [9.17, 15) is 4.79 Å². The Morgan fingerprint density at radius 3 is 2.92 bits per heavy atom. The lowest BCUT2D eigenvalue weighted by molar-refractivity contribution is -0.131. The highest BCUT2D eigenvalue weighted by Crippen LogP contribution is 2.09. The largest absolute Gasteiger partial charge is 0.478 e. The summed E-state index contributed by atoms with van der Waals surface area (Å²) in [5.41, 5.74) is 0. The molecular weight excluding hydrogens is 172 g/mol. The number of rotatable bonds is 3. The van der Waals surface area contributed by atoms with E-state index in [1.165, 1.54) is 6.08 Å². The van der Waals surface area contributed by atoms with Gasteiger partial charge in [0.15, 0.2) is 0 Å². The molecule has 1 rings (SSSR count).